The van der Waals surface area contributed by atoms with Crippen molar-refractivity contribution in [2.24, 2.45) is 0 Å². The van der Waals surface area contributed by atoms with Gasteiger partial charge in [0.1, 0.15) is 0 Å². The van der Waals surface area contributed by atoms with Crippen molar-refractivity contribution >= 4 is 57.0 Å². The summed E-state index contributed by atoms with van der Waals surface area (Å²) in [7, 11) is 0. The Kier molecular flexibility index (Phi) is 62.7. The van der Waals surface area contributed by atoms with E-state index in [-0.39, 0.29) is 31.7 Å². The molecule has 0 spiro atoms. The molecule has 0 aliphatic heterocycles. The molecule has 27 heavy (non-hydrogen) atoms. The van der Waals surface area contributed by atoms with Crippen molar-refractivity contribution in [2.45, 2.75) is 0 Å². The van der Waals surface area contributed by atoms with Gasteiger partial charge in [0.15, 0.2) is 0 Å². The molecule has 0 fully saturated rings. The van der Waals surface area contributed by atoms with Gasteiger partial charge >= 0.3 is 26.2 Å². The Morgan fingerprint density at radius 1 is 0.444 bits per heavy atom. The Balaban J connectivity index is -0.0000000364. The zero-order chi connectivity index (χ0) is 21.4. The summed E-state index contributed by atoms with van der Waals surface area (Å²) in [5.74, 6) is 0. The van der Waals surface area contributed by atoms with E-state index in [0.29, 0.717) is 0 Å². The van der Waals surface area contributed by atoms with Crippen molar-refractivity contribution < 1.29 is 106 Å². The van der Waals surface area contributed by atoms with E-state index < -0.39 is 30.8 Å². The molecule has 0 amide bonds. The van der Waals surface area contributed by atoms with Crippen LogP contribution in [0.2, 0.25) is 0 Å². The third-order valence-electron chi connectivity index (χ3n) is 0.373. The molecule has 0 aliphatic rings. The summed E-state index contributed by atoms with van der Waals surface area (Å²) in [6.07, 6.45) is -9.70. The Morgan fingerprint density at radius 3 is 0.481 bits per heavy atom. The van der Waals surface area contributed by atoms with Crippen LogP contribution >= 0.6 is 0 Å². The Morgan fingerprint density at radius 2 is 0.481 bits per heavy atom. The smallest absolute Gasteiger partial charge is 0.873 e. The maximum Gasteiger partial charge on any atom is 3.00 e. The van der Waals surface area contributed by atoms with Crippen molar-refractivity contribution in [3.8, 4) is 0 Å². The summed E-state index contributed by atoms with van der Waals surface area (Å²) in [6.45, 7) is 0. The number of hydrogen-bond donors (Lipinski definition) is 5. The van der Waals surface area contributed by atoms with Crippen LogP contribution in [-0.2, 0) is 29.9 Å². The van der Waals surface area contributed by atoms with Gasteiger partial charge in [0.2, 0.25) is 0 Å². The first-order valence-electron chi connectivity index (χ1n) is 3.97. The molecule has 0 saturated heterocycles. The molecule has 2 radical (unpaired) electrons. The van der Waals surface area contributed by atoms with Gasteiger partial charge in [-0.1, -0.05) is 0 Å². The van der Waals surface area contributed by atoms with Crippen LogP contribution in [0.25, 0.3) is 0 Å². The zero-order valence-corrected chi connectivity index (χ0v) is 15.5. The van der Waals surface area contributed by atoms with Gasteiger partial charge in [-0.15, -0.1) is 0 Å². The average Bonchev–Trinajstić information content (AvgIpc) is 2.56. The van der Waals surface area contributed by atoms with Crippen molar-refractivity contribution in [2.75, 3.05) is 0 Å². The second kappa shape index (κ2) is 38.5. The van der Waals surface area contributed by atoms with Gasteiger partial charge in [-0.3, -0.25) is 26.3 Å². The number of carboxylic acid groups (broad SMARTS) is 5. The molecule has 160 valence electrons. The van der Waals surface area contributed by atoms with Crippen LogP contribution in [0.5, 0.6) is 0 Å². The van der Waals surface area contributed by atoms with Crippen LogP contribution in [0, 0.1) is 0 Å². The van der Waals surface area contributed by atoms with Gasteiger partial charge < -0.3 is 79.4 Å². The molecular formula is C5H9BiO21. The topological polar surface area (TPSA) is 382 Å². The minimum Gasteiger partial charge on any atom is -0.873 e. The number of carbonyl (C=O) groups excluding carboxylic acids is 5. The average molecular weight is 614 g/mol. The summed E-state index contributed by atoms with van der Waals surface area (Å²) in [5, 5.41) is 78.8. The quantitative estimate of drug-likeness (QED) is 0.0732. The Bertz CT molecular complexity index is 282. The summed E-state index contributed by atoms with van der Waals surface area (Å²) >= 11 is 0. The molecular weight excluding hydrogens is 605 g/mol. The second-order valence-electron chi connectivity index (χ2n) is 1.71. The SMILES string of the molecule is O=C([O-])OO.O=C([O-])OO.O=C([O-])OO.O=C([O-])OO.O=C([O-])OO.[Bi+3].[OH4+2]. The summed E-state index contributed by atoms with van der Waals surface area (Å²) < 4.78 is 0. The molecule has 0 aromatic carbocycles. The van der Waals surface area contributed by atoms with E-state index in [4.69, 9.17) is 75.8 Å². The third kappa shape index (κ3) is 207. The first kappa shape index (κ1) is 43.9. The minimum absolute atomic E-state index is 0. The zero-order valence-electron chi connectivity index (χ0n) is 12.0. The molecule has 21 nitrogen and oxygen atoms in total. The molecule has 22 heteroatoms. The Hall–Kier alpha value is -3.01. The second-order valence-corrected chi connectivity index (χ2v) is 1.71. The molecule has 9 N–H and O–H groups in total. The number of hydrogen-bond acceptors (Lipinski definition) is 20. The number of rotatable bonds is 0. The molecule has 0 unspecified atom stereocenters. The van der Waals surface area contributed by atoms with Gasteiger partial charge in [-0.05, 0) is 0 Å². The number of carbonyl (C=O) groups is 5. The predicted octanol–water partition coefficient (Wildman–Crippen LogP) is -7.47. The normalized spacial score (nSPS) is 6.11. The summed E-state index contributed by atoms with van der Waals surface area (Å²) in [4.78, 5) is 56.7. The minimum atomic E-state index is -1.94. The molecule has 0 aromatic rings. The van der Waals surface area contributed by atoms with Gasteiger partial charge in [0.25, 0.3) is 30.8 Å². The molecule has 0 heterocycles. The molecule has 0 aliphatic carbocycles. The van der Waals surface area contributed by atoms with Crippen molar-refractivity contribution in [1.29, 1.82) is 0 Å². The first-order valence-corrected chi connectivity index (χ1v) is 3.97. The predicted molar refractivity (Wildman–Crippen MR) is 57.6 cm³/mol. The van der Waals surface area contributed by atoms with Gasteiger partial charge in [-0.25, -0.2) is 0 Å². The monoisotopic (exact) mass is 614 g/mol. The van der Waals surface area contributed by atoms with E-state index >= 15 is 0 Å². The van der Waals surface area contributed by atoms with Gasteiger partial charge in [0, 0.05) is 0 Å². The van der Waals surface area contributed by atoms with Crippen LogP contribution in [0.4, 0.5) is 24.0 Å². The van der Waals surface area contributed by atoms with Crippen LogP contribution in [-0.4, -0.2) is 83.3 Å². The first-order chi connectivity index (χ1) is 11.4. The molecule has 0 rings (SSSR count). The maximum atomic E-state index is 8.78. The fourth-order valence-electron chi connectivity index (χ4n) is 0. The fraction of sp³-hybridized carbons (Fsp3) is 0. The Labute approximate surface area is 163 Å². The van der Waals surface area contributed by atoms with E-state index in [0.717, 1.165) is 0 Å². The molecule has 0 atom stereocenters. The van der Waals surface area contributed by atoms with Gasteiger partial charge in [-0.2, -0.15) is 0 Å². The van der Waals surface area contributed by atoms with Crippen LogP contribution in [0.3, 0.4) is 0 Å². The standard InChI is InChI=1S/5CH2O4.Bi.H4O/c5*2-1(3)5-4;;/h5*4H,(H,2,3);;1H4/q;;;;;+3;+2/p-5. The van der Waals surface area contributed by atoms with E-state index in [1.165, 1.54) is 0 Å². The maximum absolute atomic E-state index is 8.78. The van der Waals surface area contributed by atoms with E-state index in [1.807, 2.05) is 0 Å². The summed E-state index contributed by atoms with van der Waals surface area (Å²) in [5.41, 5.74) is 0. The van der Waals surface area contributed by atoms with Crippen LogP contribution < -0.4 is 25.5 Å². The van der Waals surface area contributed by atoms with Gasteiger partial charge in [0.05, 0.1) is 0 Å². The third-order valence-corrected chi connectivity index (χ3v) is 0.373. The van der Waals surface area contributed by atoms with Crippen molar-refractivity contribution in [3.63, 3.8) is 0 Å². The van der Waals surface area contributed by atoms with Crippen molar-refractivity contribution in [1.82, 2.24) is 0 Å². The van der Waals surface area contributed by atoms with Crippen LogP contribution in [0.15, 0.2) is 0 Å². The largest absolute Gasteiger partial charge is 3.00 e. The molecule has 0 bridgehead atoms. The fourth-order valence-corrected chi connectivity index (χ4v) is 0. The van der Waals surface area contributed by atoms with E-state index in [9.17, 15) is 0 Å². The van der Waals surface area contributed by atoms with E-state index in [1.54, 1.807) is 0 Å². The van der Waals surface area contributed by atoms with Crippen LogP contribution in [0.1, 0.15) is 0 Å². The molecule has 0 aromatic heterocycles. The van der Waals surface area contributed by atoms with Crippen molar-refractivity contribution in [3.05, 3.63) is 0 Å². The summed E-state index contributed by atoms with van der Waals surface area (Å²) in [6, 6.07) is 0. The van der Waals surface area contributed by atoms with E-state index in [2.05, 4.69) is 24.4 Å². The molecule has 0 saturated carbocycles.